The first-order valence-corrected chi connectivity index (χ1v) is 6.22. The van der Waals surface area contributed by atoms with Crippen LogP contribution in [0.25, 0.3) is 0 Å². The average molecular weight is 249 g/mol. The lowest BCUT2D eigenvalue weighted by Crippen LogP contribution is -2.30. The zero-order valence-corrected chi connectivity index (χ0v) is 11.2. The van der Waals surface area contributed by atoms with Gasteiger partial charge in [0.1, 0.15) is 0 Å². The molecule has 0 aliphatic heterocycles. The molecule has 0 fully saturated rings. The molecule has 0 aliphatic carbocycles. The molecule has 100 valence electrons. The smallest absolute Gasteiger partial charge is 0.0924 e. The minimum Gasteiger partial charge on any atom is -0.388 e. The molecule has 1 aromatic carbocycles. The molecule has 0 bridgehead atoms. The molecule has 0 saturated heterocycles. The van der Waals surface area contributed by atoms with Crippen molar-refractivity contribution in [3.8, 4) is 0 Å². The normalized spacial score (nSPS) is 12.6. The predicted molar refractivity (Wildman–Crippen MR) is 74.8 cm³/mol. The highest BCUT2D eigenvalue weighted by molar-refractivity contribution is 5.77. The largest absolute Gasteiger partial charge is 0.388 e. The SMILES string of the molecule is COCCCN(C)C(CC(=N)N)c1ccccc1. The van der Waals surface area contributed by atoms with E-state index >= 15 is 0 Å². The van der Waals surface area contributed by atoms with Crippen molar-refractivity contribution in [1.29, 1.82) is 5.41 Å². The number of ether oxygens (including phenoxy) is 1. The van der Waals surface area contributed by atoms with Crippen LogP contribution in [0.2, 0.25) is 0 Å². The lowest BCUT2D eigenvalue weighted by atomic mass is 10.0. The van der Waals surface area contributed by atoms with Crippen LogP contribution in [0.5, 0.6) is 0 Å². The second kappa shape index (κ2) is 7.84. The molecule has 0 radical (unpaired) electrons. The van der Waals surface area contributed by atoms with Gasteiger partial charge in [-0.1, -0.05) is 30.3 Å². The fourth-order valence-electron chi connectivity index (χ4n) is 2.03. The summed E-state index contributed by atoms with van der Waals surface area (Å²) >= 11 is 0. The zero-order valence-electron chi connectivity index (χ0n) is 11.2. The maximum absolute atomic E-state index is 7.51. The number of benzene rings is 1. The van der Waals surface area contributed by atoms with E-state index in [2.05, 4.69) is 24.1 Å². The first-order valence-electron chi connectivity index (χ1n) is 6.22. The van der Waals surface area contributed by atoms with Crippen LogP contribution in [0.15, 0.2) is 30.3 Å². The molecule has 4 heteroatoms. The molecule has 0 aliphatic rings. The van der Waals surface area contributed by atoms with Crippen LogP contribution >= 0.6 is 0 Å². The Labute approximate surface area is 109 Å². The number of hydrogen-bond acceptors (Lipinski definition) is 3. The van der Waals surface area contributed by atoms with E-state index in [0.717, 1.165) is 19.6 Å². The van der Waals surface area contributed by atoms with Crippen molar-refractivity contribution >= 4 is 5.84 Å². The number of hydrogen-bond donors (Lipinski definition) is 2. The monoisotopic (exact) mass is 249 g/mol. The number of nitrogens with two attached hydrogens (primary N) is 1. The zero-order chi connectivity index (χ0) is 13.4. The van der Waals surface area contributed by atoms with Crippen LogP contribution in [0.3, 0.4) is 0 Å². The minimum absolute atomic E-state index is 0.167. The highest BCUT2D eigenvalue weighted by Crippen LogP contribution is 2.22. The molecule has 0 amide bonds. The third-order valence-electron chi connectivity index (χ3n) is 2.99. The second-order valence-corrected chi connectivity index (χ2v) is 4.48. The average Bonchev–Trinajstić information content (AvgIpc) is 2.37. The Balaban J connectivity index is 2.69. The highest BCUT2D eigenvalue weighted by Gasteiger charge is 2.17. The summed E-state index contributed by atoms with van der Waals surface area (Å²) in [4.78, 5) is 2.23. The van der Waals surface area contributed by atoms with Crippen LogP contribution in [0, 0.1) is 5.41 Å². The summed E-state index contributed by atoms with van der Waals surface area (Å²) in [5, 5.41) is 7.51. The van der Waals surface area contributed by atoms with Gasteiger partial charge >= 0.3 is 0 Å². The van der Waals surface area contributed by atoms with Crippen LogP contribution in [0.4, 0.5) is 0 Å². The molecule has 1 aromatic rings. The molecular weight excluding hydrogens is 226 g/mol. The molecular formula is C14H23N3O. The van der Waals surface area contributed by atoms with Crippen molar-refractivity contribution in [3.63, 3.8) is 0 Å². The standard InChI is InChI=1S/C14H23N3O/c1-17(9-6-10-18-2)13(11-14(15)16)12-7-4-3-5-8-12/h3-5,7-8,13H,6,9-11H2,1-2H3,(H3,15,16). The fraction of sp³-hybridized carbons (Fsp3) is 0.500. The number of nitrogens with one attached hydrogen (secondary N) is 1. The summed E-state index contributed by atoms with van der Waals surface area (Å²) < 4.78 is 5.07. The first-order chi connectivity index (χ1) is 8.65. The number of nitrogens with zero attached hydrogens (tertiary/aromatic N) is 1. The quantitative estimate of drug-likeness (QED) is 0.421. The number of amidine groups is 1. The van der Waals surface area contributed by atoms with Gasteiger partial charge in [0.2, 0.25) is 0 Å². The van der Waals surface area contributed by atoms with Gasteiger partial charge in [-0.25, -0.2) is 0 Å². The minimum atomic E-state index is 0.167. The van der Waals surface area contributed by atoms with E-state index in [1.807, 2.05) is 18.2 Å². The van der Waals surface area contributed by atoms with Crippen molar-refractivity contribution in [2.24, 2.45) is 5.73 Å². The predicted octanol–water partition coefficient (Wildman–Crippen LogP) is 2.02. The summed E-state index contributed by atoms with van der Waals surface area (Å²) in [6.07, 6.45) is 1.54. The molecule has 4 nitrogen and oxygen atoms in total. The summed E-state index contributed by atoms with van der Waals surface area (Å²) in [6.45, 7) is 1.69. The molecule has 0 aromatic heterocycles. The summed E-state index contributed by atoms with van der Waals surface area (Å²) in [7, 11) is 3.78. The molecule has 0 spiro atoms. The summed E-state index contributed by atoms with van der Waals surface area (Å²) in [5.74, 6) is 0.224. The molecule has 1 unspecified atom stereocenters. The van der Waals surface area contributed by atoms with E-state index in [4.69, 9.17) is 15.9 Å². The molecule has 1 atom stereocenters. The maximum atomic E-state index is 7.51. The van der Waals surface area contributed by atoms with Crippen LogP contribution in [-0.4, -0.2) is 38.0 Å². The lowest BCUT2D eigenvalue weighted by Gasteiger charge is -2.28. The summed E-state index contributed by atoms with van der Waals surface area (Å²) in [5.41, 5.74) is 6.76. The van der Waals surface area contributed by atoms with Gasteiger partial charge in [0.15, 0.2) is 0 Å². The van der Waals surface area contributed by atoms with Crippen molar-refractivity contribution in [3.05, 3.63) is 35.9 Å². The van der Waals surface area contributed by atoms with Gasteiger partial charge in [0.25, 0.3) is 0 Å². The maximum Gasteiger partial charge on any atom is 0.0924 e. The van der Waals surface area contributed by atoms with Gasteiger partial charge in [-0.2, -0.15) is 0 Å². The molecule has 18 heavy (non-hydrogen) atoms. The van der Waals surface area contributed by atoms with Gasteiger partial charge < -0.3 is 10.5 Å². The Morgan fingerprint density at radius 1 is 1.39 bits per heavy atom. The summed E-state index contributed by atoms with van der Waals surface area (Å²) in [6, 6.07) is 10.4. The highest BCUT2D eigenvalue weighted by atomic mass is 16.5. The van der Waals surface area contributed by atoms with Crippen molar-refractivity contribution in [2.45, 2.75) is 18.9 Å². The topological polar surface area (TPSA) is 62.3 Å². The van der Waals surface area contributed by atoms with Crippen LogP contribution in [0.1, 0.15) is 24.4 Å². The Bertz CT molecular complexity index is 353. The molecule has 0 heterocycles. The Kier molecular flexibility index (Phi) is 6.39. The molecule has 3 N–H and O–H groups in total. The second-order valence-electron chi connectivity index (χ2n) is 4.48. The van der Waals surface area contributed by atoms with E-state index in [1.54, 1.807) is 7.11 Å². The molecule has 1 rings (SSSR count). The first kappa shape index (κ1) is 14.7. The Morgan fingerprint density at radius 3 is 2.61 bits per heavy atom. The van der Waals surface area contributed by atoms with Gasteiger partial charge in [0.05, 0.1) is 5.84 Å². The van der Waals surface area contributed by atoms with Gasteiger partial charge in [0, 0.05) is 32.7 Å². The lowest BCUT2D eigenvalue weighted by molar-refractivity contribution is 0.166. The van der Waals surface area contributed by atoms with E-state index in [9.17, 15) is 0 Å². The van der Waals surface area contributed by atoms with E-state index in [1.165, 1.54) is 5.56 Å². The third kappa shape index (κ3) is 4.85. The van der Waals surface area contributed by atoms with Crippen molar-refractivity contribution < 1.29 is 4.74 Å². The Morgan fingerprint density at radius 2 is 2.06 bits per heavy atom. The van der Waals surface area contributed by atoms with Gasteiger partial charge in [-0.05, 0) is 19.0 Å². The molecule has 0 saturated carbocycles. The van der Waals surface area contributed by atoms with Crippen molar-refractivity contribution in [1.82, 2.24) is 4.90 Å². The van der Waals surface area contributed by atoms with Crippen molar-refractivity contribution in [2.75, 3.05) is 27.3 Å². The van der Waals surface area contributed by atoms with E-state index < -0.39 is 0 Å². The third-order valence-corrected chi connectivity index (χ3v) is 2.99. The Hall–Kier alpha value is -1.39. The number of rotatable bonds is 8. The van der Waals surface area contributed by atoms with E-state index in [0.29, 0.717) is 6.42 Å². The fourth-order valence-corrected chi connectivity index (χ4v) is 2.03. The number of methoxy groups -OCH3 is 1. The van der Waals surface area contributed by atoms with Gasteiger partial charge in [-0.15, -0.1) is 0 Å². The van der Waals surface area contributed by atoms with Gasteiger partial charge in [-0.3, -0.25) is 10.3 Å². The van der Waals surface area contributed by atoms with E-state index in [-0.39, 0.29) is 11.9 Å². The van der Waals surface area contributed by atoms with Crippen LogP contribution < -0.4 is 5.73 Å². The van der Waals surface area contributed by atoms with Crippen LogP contribution in [-0.2, 0) is 4.74 Å².